The molecule has 3 heterocycles. The van der Waals surface area contributed by atoms with Gasteiger partial charge in [0.2, 0.25) is 5.91 Å². The number of hydrogen-bond donors (Lipinski definition) is 2. The number of aryl methyl sites for hydroxylation is 1. The first-order valence-corrected chi connectivity index (χ1v) is 9.20. The molecule has 2 aromatic heterocycles. The maximum atomic E-state index is 12.7. The van der Waals surface area contributed by atoms with E-state index in [9.17, 15) is 14.4 Å². The first kappa shape index (κ1) is 16.8. The average molecular weight is 357 g/mol. The highest BCUT2D eigenvalue weighted by molar-refractivity contribution is 5.93. The molecular formula is C18H23N5O3. The van der Waals surface area contributed by atoms with Crippen LogP contribution in [0.4, 0.5) is 0 Å². The van der Waals surface area contributed by atoms with Crippen LogP contribution in [-0.2, 0) is 4.79 Å². The van der Waals surface area contributed by atoms with E-state index >= 15 is 0 Å². The fourth-order valence-corrected chi connectivity index (χ4v) is 3.60. The van der Waals surface area contributed by atoms with Gasteiger partial charge in [-0.1, -0.05) is 6.42 Å². The van der Waals surface area contributed by atoms with Gasteiger partial charge in [-0.3, -0.25) is 14.4 Å². The number of likely N-dealkylation sites (tertiary alicyclic amines) is 1. The standard InChI is InChI=1S/C18H23N5O3/c1-11-10-23-15(17(25)19-11)9-14(21-23)18(26)22-7-5-13(6-8-22)20-16(24)12-3-2-4-12/h9-10,12-13H,2-8H2,1H3,(H,19,25)(H,20,24). The molecule has 1 aliphatic heterocycles. The molecular weight excluding hydrogens is 334 g/mol. The predicted molar refractivity (Wildman–Crippen MR) is 95.0 cm³/mol. The third-order valence-electron chi connectivity index (χ3n) is 5.42. The van der Waals surface area contributed by atoms with Crippen LogP contribution in [0.3, 0.4) is 0 Å². The number of rotatable bonds is 3. The van der Waals surface area contributed by atoms with E-state index in [1.54, 1.807) is 18.0 Å². The summed E-state index contributed by atoms with van der Waals surface area (Å²) >= 11 is 0. The maximum Gasteiger partial charge on any atom is 0.274 e. The normalized spacial score (nSPS) is 18.7. The van der Waals surface area contributed by atoms with Gasteiger partial charge in [0.25, 0.3) is 11.5 Å². The second-order valence-electron chi connectivity index (χ2n) is 7.33. The monoisotopic (exact) mass is 357 g/mol. The number of hydrogen-bond acceptors (Lipinski definition) is 4. The molecule has 8 nitrogen and oxygen atoms in total. The lowest BCUT2D eigenvalue weighted by Crippen LogP contribution is -2.48. The fourth-order valence-electron chi connectivity index (χ4n) is 3.60. The van der Waals surface area contributed by atoms with Crippen molar-refractivity contribution >= 4 is 17.3 Å². The molecule has 0 bridgehead atoms. The van der Waals surface area contributed by atoms with Crippen LogP contribution in [-0.4, -0.2) is 50.4 Å². The minimum atomic E-state index is -0.256. The molecule has 0 aromatic carbocycles. The number of amides is 2. The number of aromatic amines is 1. The van der Waals surface area contributed by atoms with Crippen molar-refractivity contribution in [1.29, 1.82) is 0 Å². The topological polar surface area (TPSA) is 99.6 Å². The van der Waals surface area contributed by atoms with Crippen LogP contribution < -0.4 is 10.9 Å². The van der Waals surface area contributed by atoms with Crippen LogP contribution in [0.25, 0.3) is 5.52 Å². The van der Waals surface area contributed by atoms with Crippen molar-refractivity contribution in [2.45, 2.75) is 45.1 Å². The molecule has 0 atom stereocenters. The summed E-state index contributed by atoms with van der Waals surface area (Å²) in [5.74, 6) is 0.180. The Kier molecular flexibility index (Phi) is 4.26. The van der Waals surface area contributed by atoms with E-state index in [4.69, 9.17) is 0 Å². The Morgan fingerprint density at radius 3 is 2.62 bits per heavy atom. The van der Waals surface area contributed by atoms with Crippen LogP contribution in [0.2, 0.25) is 0 Å². The molecule has 1 saturated heterocycles. The van der Waals surface area contributed by atoms with Crippen LogP contribution in [0.1, 0.15) is 48.3 Å². The summed E-state index contributed by atoms with van der Waals surface area (Å²) < 4.78 is 1.45. The van der Waals surface area contributed by atoms with Crippen LogP contribution in [0.5, 0.6) is 0 Å². The van der Waals surface area contributed by atoms with E-state index in [1.165, 1.54) is 10.6 Å². The number of nitrogens with zero attached hydrogens (tertiary/aromatic N) is 3. The SMILES string of the molecule is Cc1cn2nc(C(=O)N3CCC(NC(=O)C4CCC4)CC3)cc2c(=O)[nH]1. The van der Waals surface area contributed by atoms with Crippen molar-refractivity contribution in [3.63, 3.8) is 0 Å². The Hall–Kier alpha value is -2.64. The van der Waals surface area contributed by atoms with Crippen molar-refractivity contribution in [3.8, 4) is 0 Å². The van der Waals surface area contributed by atoms with E-state index in [0.29, 0.717) is 24.3 Å². The second kappa shape index (κ2) is 6.59. The lowest BCUT2D eigenvalue weighted by molar-refractivity contribution is -0.128. The van der Waals surface area contributed by atoms with Crippen molar-refractivity contribution in [1.82, 2.24) is 24.8 Å². The summed E-state index contributed by atoms with van der Waals surface area (Å²) in [5, 5.41) is 7.37. The van der Waals surface area contributed by atoms with Gasteiger partial charge in [-0.25, -0.2) is 4.52 Å². The highest BCUT2D eigenvalue weighted by Gasteiger charge is 2.30. The third-order valence-corrected chi connectivity index (χ3v) is 5.42. The van der Waals surface area contributed by atoms with Gasteiger partial charge in [-0.2, -0.15) is 5.10 Å². The molecule has 2 aromatic rings. The molecule has 26 heavy (non-hydrogen) atoms. The van der Waals surface area contributed by atoms with Gasteiger partial charge in [0, 0.05) is 43.0 Å². The zero-order chi connectivity index (χ0) is 18.3. The summed E-state index contributed by atoms with van der Waals surface area (Å²) in [5.41, 5.74) is 1.07. The molecule has 2 amide bonds. The summed E-state index contributed by atoms with van der Waals surface area (Å²) in [4.78, 5) is 41.2. The number of nitrogens with one attached hydrogen (secondary N) is 2. The number of piperidine rings is 1. The Balaban J connectivity index is 1.39. The second-order valence-corrected chi connectivity index (χ2v) is 7.33. The number of H-pyrrole nitrogens is 1. The van der Waals surface area contributed by atoms with Crippen LogP contribution >= 0.6 is 0 Å². The lowest BCUT2D eigenvalue weighted by atomic mass is 9.84. The van der Waals surface area contributed by atoms with Gasteiger partial charge >= 0.3 is 0 Å². The van der Waals surface area contributed by atoms with E-state index in [0.717, 1.165) is 32.1 Å². The van der Waals surface area contributed by atoms with Gasteiger partial charge in [0.05, 0.1) is 0 Å². The first-order valence-electron chi connectivity index (χ1n) is 9.20. The Morgan fingerprint density at radius 1 is 1.23 bits per heavy atom. The molecule has 8 heteroatoms. The molecule has 2 fully saturated rings. The summed E-state index contributed by atoms with van der Waals surface area (Å²) in [6.07, 6.45) is 6.32. The van der Waals surface area contributed by atoms with Crippen LogP contribution in [0, 0.1) is 12.8 Å². The molecule has 1 saturated carbocycles. The van der Waals surface area contributed by atoms with Gasteiger partial charge in [0.1, 0.15) is 5.52 Å². The summed E-state index contributed by atoms with van der Waals surface area (Å²) in [6, 6.07) is 1.67. The number of carbonyl (C=O) groups is 2. The number of carbonyl (C=O) groups excluding carboxylic acids is 2. The number of fused-ring (bicyclic) bond motifs is 1. The van der Waals surface area contributed by atoms with Gasteiger partial charge in [-0.15, -0.1) is 0 Å². The van der Waals surface area contributed by atoms with E-state index < -0.39 is 0 Å². The summed E-state index contributed by atoms with van der Waals surface area (Å²) in [7, 11) is 0. The molecule has 4 rings (SSSR count). The molecule has 0 spiro atoms. The summed E-state index contributed by atoms with van der Waals surface area (Å²) in [6.45, 7) is 2.93. The maximum absolute atomic E-state index is 12.7. The van der Waals surface area contributed by atoms with E-state index in [1.807, 2.05) is 0 Å². The smallest absolute Gasteiger partial charge is 0.274 e. The minimum Gasteiger partial charge on any atom is -0.353 e. The molecule has 0 unspecified atom stereocenters. The molecule has 2 N–H and O–H groups in total. The van der Waals surface area contributed by atoms with Crippen molar-refractivity contribution in [3.05, 3.63) is 34.0 Å². The van der Waals surface area contributed by atoms with Crippen molar-refractivity contribution in [2.75, 3.05) is 13.1 Å². The quantitative estimate of drug-likeness (QED) is 0.851. The fraction of sp³-hybridized carbons (Fsp3) is 0.556. The zero-order valence-electron chi connectivity index (χ0n) is 14.8. The van der Waals surface area contributed by atoms with Gasteiger partial charge < -0.3 is 15.2 Å². The lowest BCUT2D eigenvalue weighted by Gasteiger charge is -2.34. The third kappa shape index (κ3) is 3.11. The molecule has 1 aliphatic carbocycles. The van der Waals surface area contributed by atoms with E-state index in [2.05, 4.69) is 15.4 Å². The van der Waals surface area contributed by atoms with Gasteiger partial charge in [0.15, 0.2) is 5.69 Å². The van der Waals surface area contributed by atoms with Crippen molar-refractivity contribution in [2.24, 2.45) is 5.92 Å². The Bertz CT molecular complexity index is 903. The Labute approximate surface area is 150 Å². The average Bonchev–Trinajstić information content (AvgIpc) is 2.97. The Morgan fingerprint density at radius 2 is 1.96 bits per heavy atom. The van der Waals surface area contributed by atoms with Gasteiger partial charge in [-0.05, 0) is 32.6 Å². The molecule has 2 aliphatic rings. The largest absolute Gasteiger partial charge is 0.353 e. The molecule has 138 valence electrons. The zero-order valence-corrected chi connectivity index (χ0v) is 14.8. The number of aromatic nitrogens is 3. The first-order chi connectivity index (χ1) is 12.5. The highest BCUT2D eigenvalue weighted by atomic mass is 16.2. The van der Waals surface area contributed by atoms with E-state index in [-0.39, 0.29) is 35.0 Å². The highest BCUT2D eigenvalue weighted by Crippen LogP contribution is 2.26. The van der Waals surface area contributed by atoms with Crippen LogP contribution in [0.15, 0.2) is 17.1 Å². The van der Waals surface area contributed by atoms with Crippen molar-refractivity contribution < 1.29 is 9.59 Å². The minimum absolute atomic E-state index is 0.138. The predicted octanol–water partition coefficient (Wildman–Crippen LogP) is 0.852. The molecule has 0 radical (unpaired) electrons.